The highest BCUT2D eigenvalue weighted by Crippen LogP contribution is 2.28. The molecule has 3 heteroatoms. The Morgan fingerprint density at radius 1 is 1.18 bits per heavy atom. The molecule has 1 aliphatic heterocycles. The second-order valence-electron chi connectivity index (χ2n) is 4.51. The van der Waals surface area contributed by atoms with Gasteiger partial charge in [0.1, 0.15) is 0 Å². The van der Waals surface area contributed by atoms with E-state index in [0.29, 0.717) is 0 Å². The summed E-state index contributed by atoms with van der Waals surface area (Å²) in [6, 6.07) is 8.60. The summed E-state index contributed by atoms with van der Waals surface area (Å²) in [5.41, 5.74) is 3.78. The van der Waals surface area contributed by atoms with Gasteiger partial charge in [-0.25, -0.2) is 0 Å². The quantitative estimate of drug-likeness (QED) is 0.747. The number of hydrogen-bond donors (Lipinski definition) is 0. The van der Waals surface area contributed by atoms with Crippen molar-refractivity contribution < 1.29 is 14.3 Å². The minimum absolute atomic E-state index is 0.0970. The minimum Gasteiger partial charge on any atom is -0.367 e. The molecule has 0 aromatic heterocycles. The zero-order valence-electron chi connectivity index (χ0n) is 10.3. The highest BCUT2D eigenvalue weighted by atomic mass is 16.5. The van der Waals surface area contributed by atoms with Crippen LogP contribution < -0.4 is 0 Å². The molecule has 0 bridgehead atoms. The highest BCUT2D eigenvalue weighted by Gasteiger charge is 2.23. The molecule has 2 rings (SSSR count). The summed E-state index contributed by atoms with van der Waals surface area (Å²) in [4.78, 5) is 16.2. The Kier molecular flexibility index (Phi) is 4.38. The molecule has 1 aromatic rings. The van der Waals surface area contributed by atoms with Gasteiger partial charge in [0, 0.05) is 0 Å². The molecule has 0 atom stereocenters. The molecule has 0 saturated heterocycles. The van der Waals surface area contributed by atoms with Crippen molar-refractivity contribution in [1.82, 2.24) is 0 Å². The molecule has 0 spiro atoms. The minimum atomic E-state index is -0.0970. The Balaban J connectivity index is 0.000000437. The van der Waals surface area contributed by atoms with Crippen molar-refractivity contribution in [2.75, 3.05) is 6.61 Å². The van der Waals surface area contributed by atoms with E-state index in [1.54, 1.807) is 0 Å². The number of benzene rings is 1. The van der Waals surface area contributed by atoms with Crippen LogP contribution in [0.1, 0.15) is 25.0 Å². The van der Waals surface area contributed by atoms with E-state index in [4.69, 9.17) is 14.3 Å². The molecular weight excluding hydrogens is 216 g/mol. The Hall–Kier alpha value is -1.70. The van der Waals surface area contributed by atoms with Crippen molar-refractivity contribution in [3.05, 3.63) is 41.5 Å². The third kappa shape index (κ3) is 3.99. The maximum atomic E-state index is 8.12. The first-order valence-electron chi connectivity index (χ1n) is 5.40. The van der Waals surface area contributed by atoms with Crippen LogP contribution in [0.25, 0.3) is 5.57 Å². The summed E-state index contributed by atoms with van der Waals surface area (Å²) in [5.74, 6) is 0. The first kappa shape index (κ1) is 13.4. The lowest BCUT2D eigenvalue weighted by molar-refractivity contribution is -0.191. The third-order valence-corrected chi connectivity index (χ3v) is 2.54. The topological polar surface area (TPSA) is 43.4 Å². The van der Waals surface area contributed by atoms with Gasteiger partial charge in [0.05, 0.1) is 12.2 Å². The molecule has 3 nitrogen and oxygen atoms in total. The lowest BCUT2D eigenvalue weighted by Crippen LogP contribution is -2.15. The Morgan fingerprint density at radius 3 is 2.12 bits per heavy atom. The van der Waals surface area contributed by atoms with E-state index in [9.17, 15) is 0 Å². The molecule has 0 unspecified atom stereocenters. The Labute approximate surface area is 101 Å². The van der Waals surface area contributed by atoms with Gasteiger partial charge in [0.2, 0.25) is 0 Å². The molecule has 0 aliphatic carbocycles. The van der Waals surface area contributed by atoms with Crippen molar-refractivity contribution in [3.8, 4) is 0 Å². The number of carbonyl (C=O) groups excluding carboxylic acids is 2. The second-order valence-corrected chi connectivity index (χ2v) is 4.51. The summed E-state index contributed by atoms with van der Waals surface area (Å²) in [6.07, 6.45) is 2.46. The predicted octanol–water partition coefficient (Wildman–Crippen LogP) is 2.60. The summed E-state index contributed by atoms with van der Waals surface area (Å²) >= 11 is 0. The zero-order chi connectivity index (χ0) is 12.9. The van der Waals surface area contributed by atoms with Crippen LogP contribution in [0.4, 0.5) is 0 Å². The fraction of sp³-hybridized carbons (Fsp3) is 0.357. The van der Waals surface area contributed by atoms with E-state index in [1.807, 2.05) is 0 Å². The van der Waals surface area contributed by atoms with Gasteiger partial charge < -0.3 is 4.74 Å². The van der Waals surface area contributed by atoms with Crippen LogP contribution in [-0.4, -0.2) is 18.4 Å². The van der Waals surface area contributed by atoms with Crippen LogP contribution >= 0.6 is 0 Å². The lowest BCUT2D eigenvalue weighted by Gasteiger charge is -2.12. The number of ether oxygens (including phenoxy) is 1. The van der Waals surface area contributed by atoms with E-state index < -0.39 is 0 Å². The summed E-state index contributed by atoms with van der Waals surface area (Å²) in [7, 11) is 0. The maximum absolute atomic E-state index is 8.12. The van der Waals surface area contributed by atoms with Crippen LogP contribution in [0, 0.1) is 6.92 Å². The van der Waals surface area contributed by atoms with Crippen molar-refractivity contribution in [2.45, 2.75) is 26.4 Å². The van der Waals surface area contributed by atoms with Crippen molar-refractivity contribution in [3.63, 3.8) is 0 Å². The molecule has 90 valence electrons. The van der Waals surface area contributed by atoms with Crippen LogP contribution in [0.2, 0.25) is 0 Å². The molecule has 1 aliphatic rings. The smallest absolute Gasteiger partial charge is 0.367 e. The van der Waals surface area contributed by atoms with E-state index in [-0.39, 0.29) is 11.8 Å². The summed E-state index contributed by atoms with van der Waals surface area (Å²) < 4.78 is 5.64. The van der Waals surface area contributed by atoms with Gasteiger partial charge >= 0.3 is 6.15 Å². The Bertz CT molecular complexity index is 435. The molecule has 0 saturated carbocycles. The average molecular weight is 232 g/mol. The molecule has 1 heterocycles. The van der Waals surface area contributed by atoms with Gasteiger partial charge in [0.15, 0.2) is 0 Å². The van der Waals surface area contributed by atoms with Crippen LogP contribution in [0.3, 0.4) is 0 Å². The van der Waals surface area contributed by atoms with Gasteiger partial charge in [-0.3, -0.25) is 0 Å². The summed E-state index contributed by atoms with van der Waals surface area (Å²) in [5, 5.41) is 0. The van der Waals surface area contributed by atoms with E-state index >= 15 is 0 Å². The monoisotopic (exact) mass is 232 g/mol. The predicted molar refractivity (Wildman–Crippen MR) is 64.2 cm³/mol. The summed E-state index contributed by atoms with van der Waals surface area (Å²) in [6.45, 7) is 7.02. The van der Waals surface area contributed by atoms with Crippen molar-refractivity contribution >= 4 is 11.7 Å². The van der Waals surface area contributed by atoms with Gasteiger partial charge in [-0.05, 0) is 38.0 Å². The first-order chi connectivity index (χ1) is 7.98. The molecule has 1 aromatic carbocycles. The second kappa shape index (κ2) is 5.58. The van der Waals surface area contributed by atoms with E-state index in [2.05, 4.69) is 51.1 Å². The number of rotatable bonds is 1. The normalized spacial score (nSPS) is 16.5. The first-order valence-corrected chi connectivity index (χ1v) is 5.40. The molecule has 0 radical (unpaired) electrons. The van der Waals surface area contributed by atoms with Gasteiger partial charge in [-0.2, -0.15) is 9.59 Å². The largest absolute Gasteiger partial charge is 0.373 e. The molecule has 0 amide bonds. The van der Waals surface area contributed by atoms with Crippen LogP contribution in [-0.2, 0) is 14.3 Å². The van der Waals surface area contributed by atoms with Crippen LogP contribution in [0.15, 0.2) is 30.3 Å². The van der Waals surface area contributed by atoms with Gasteiger partial charge in [0.25, 0.3) is 0 Å². The maximum Gasteiger partial charge on any atom is 0.373 e. The van der Waals surface area contributed by atoms with Crippen molar-refractivity contribution in [1.29, 1.82) is 0 Å². The molecule has 0 fully saturated rings. The average Bonchev–Trinajstić information content (AvgIpc) is 2.61. The molecule has 0 N–H and O–H groups in total. The number of hydrogen-bond acceptors (Lipinski definition) is 3. The van der Waals surface area contributed by atoms with Crippen molar-refractivity contribution in [2.24, 2.45) is 0 Å². The van der Waals surface area contributed by atoms with E-state index in [1.165, 1.54) is 16.7 Å². The fourth-order valence-corrected chi connectivity index (χ4v) is 1.70. The number of aryl methyl sites for hydroxylation is 1. The third-order valence-electron chi connectivity index (χ3n) is 2.54. The van der Waals surface area contributed by atoms with Gasteiger partial charge in [-0.1, -0.05) is 29.8 Å². The molecular formula is C14H16O3. The fourth-order valence-electron chi connectivity index (χ4n) is 1.70. The van der Waals surface area contributed by atoms with Gasteiger partial charge in [-0.15, -0.1) is 0 Å². The SMILES string of the molecule is Cc1ccc(C2=CC(C)(C)OC2)cc1.O=C=O. The molecule has 17 heavy (non-hydrogen) atoms. The highest BCUT2D eigenvalue weighted by molar-refractivity contribution is 5.69. The lowest BCUT2D eigenvalue weighted by atomic mass is 10.0. The van der Waals surface area contributed by atoms with Crippen LogP contribution in [0.5, 0.6) is 0 Å². The van der Waals surface area contributed by atoms with E-state index in [0.717, 1.165) is 6.61 Å². The zero-order valence-corrected chi connectivity index (χ0v) is 10.3. The Morgan fingerprint density at radius 2 is 1.71 bits per heavy atom. The standard InChI is InChI=1S/C13H16O.CO2/c1-10-4-6-11(7-5-10)12-8-13(2,3)14-9-12;2-1-3/h4-8H,9H2,1-3H3;.